The smallest absolute Gasteiger partial charge is 0.222 e. The molecule has 0 aliphatic carbocycles. The number of hydrogen-bond donors (Lipinski definition) is 2. The van der Waals surface area contributed by atoms with Crippen molar-refractivity contribution < 1.29 is 4.74 Å². The highest BCUT2D eigenvalue weighted by Gasteiger charge is 2.27. The Morgan fingerprint density at radius 1 is 1.43 bits per heavy atom. The molecule has 2 aliphatic rings. The number of nitrogen functional groups attached to an aromatic ring is 1. The molecule has 3 heterocycles. The summed E-state index contributed by atoms with van der Waals surface area (Å²) in [7, 11) is 0. The molecule has 6 nitrogen and oxygen atoms in total. The molecule has 2 aliphatic heterocycles. The van der Waals surface area contributed by atoms with Gasteiger partial charge in [0, 0.05) is 37.7 Å². The molecule has 21 heavy (non-hydrogen) atoms. The highest BCUT2D eigenvalue weighted by molar-refractivity contribution is 5.53. The van der Waals surface area contributed by atoms with Crippen LogP contribution in [0.2, 0.25) is 0 Å². The SMILES string of the molecule is CCCOC[C@H]1CCN(c2nc(N)nc3c2CCNC3)C1. The molecular formula is C15H25N5O. The summed E-state index contributed by atoms with van der Waals surface area (Å²) in [6, 6.07) is 0. The molecule has 3 N–H and O–H groups in total. The molecule has 0 saturated carbocycles. The predicted molar refractivity (Wildman–Crippen MR) is 83.3 cm³/mol. The highest BCUT2D eigenvalue weighted by atomic mass is 16.5. The summed E-state index contributed by atoms with van der Waals surface area (Å²) in [5.74, 6) is 2.04. The van der Waals surface area contributed by atoms with Gasteiger partial charge in [0.2, 0.25) is 5.95 Å². The first-order valence-corrected chi connectivity index (χ1v) is 7.96. The number of nitrogens with one attached hydrogen (secondary N) is 1. The Bertz CT molecular complexity index is 493. The van der Waals surface area contributed by atoms with E-state index in [0.29, 0.717) is 11.9 Å². The summed E-state index contributed by atoms with van der Waals surface area (Å²) < 4.78 is 5.69. The van der Waals surface area contributed by atoms with Crippen molar-refractivity contribution in [2.24, 2.45) is 5.92 Å². The second-order valence-electron chi connectivity index (χ2n) is 5.93. The molecule has 116 valence electrons. The third-order valence-corrected chi connectivity index (χ3v) is 4.22. The normalized spacial score (nSPS) is 21.6. The molecule has 1 fully saturated rings. The maximum Gasteiger partial charge on any atom is 0.222 e. The fraction of sp³-hybridized carbons (Fsp3) is 0.733. The first-order chi connectivity index (χ1) is 10.3. The summed E-state index contributed by atoms with van der Waals surface area (Å²) in [4.78, 5) is 11.3. The number of fused-ring (bicyclic) bond motifs is 1. The van der Waals surface area contributed by atoms with Crippen molar-refractivity contribution in [3.63, 3.8) is 0 Å². The van der Waals surface area contributed by atoms with E-state index in [-0.39, 0.29) is 0 Å². The average Bonchev–Trinajstić information content (AvgIpc) is 2.95. The first kappa shape index (κ1) is 14.5. The number of ether oxygens (including phenoxy) is 1. The van der Waals surface area contributed by atoms with Gasteiger partial charge >= 0.3 is 0 Å². The lowest BCUT2D eigenvalue weighted by Crippen LogP contribution is -2.30. The van der Waals surface area contributed by atoms with Crippen LogP contribution in [0.4, 0.5) is 11.8 Å². The Morgan fingerprint density at radius 3 is 3.19 bits per heavy atom. The third-order valence-electron chi connectivity index (χ3n) is 4.22. The van der Waals surface area contributed by atoms with Crippen molar-refractivity contribution >= 4 is 11.8 Å². The van der Waals surface area contributed by atoms with E-state index in [2.05, 4.69) is 27.1 Å². The second kappa shape index (κ2) is 6.58. The molecule has 0 aromatic carbocycles. The largest absolute Gasteiger partial charge is 0.381 e. The van der Waals surface area contributed by atoms with E-state index in [1.54, 1.807) is 0 Å². The lowest BCUT2D eigenvalue weighted by molar-refractivity contribution is 0.106. The van der Waals surface area contributed by atoms with Gasteiger partial charge in [-0.3, -0.25) is 0 Å². The minimum atomic E-state index is 0.387. The van der Waals surface area contributed by atoms with E-state index in [0.717, 1.165) is 63.7 Å². The number of nitrogens with two attached hydrogens (primary N) is 1. The van der Waals surface area contributed by atoms with Gasteiger partial charge in [0.05, 0.1) is 12.3 Å². The minimum absolute atomic E-state index is 0.387. The number of hydrogen-bond acceptors (Lipinski definition) is 6. The zero-order chi connectivity index (χ0) is 14.7. The Labute approximate surface area is 126 Å². The van der Waals surface area contributed by atoms with Crippen molar-refractivity contribution in [1.82, 2.24) is 15.3 Å². The number of nitrogens with zero attached hydrogens (tertiary/aromatic N) is 3. The van der Waals surface area contributed by atoms with E-state index >= 15 is 0 Å². The number of aromatic nitrogens is 2. The molecule has 0 radical (unpaired) electrons. The summed E-state index contributed by atoms with van der Waals surface area (Å²) in [5.41, 5.74) is 8.22. The maximum absolute atomic E-state index is 5.88. The van der Waals surface area contributed by atoms with Crippen molar-refractivity contribution in [3.8, 4) is 0 Å². The fourth-order valence-corrected chi connectivity index (χ4v) is 3.18. The Balaban J connectivity index is 1.71. The van der Waals surface area contributed by atoms with Crippen molar-refractivity contribution in [3.05, 3.63) is 11.3 Å². The maximum atomic E-state index is 5.88. The zero-order valence-corrected chi connectivity index (χ0v) is 12.8. The highest BCUT2D eigenvalue weighted by Crippen LogP contribution is 2.29. The van der Waals surface area contributed by atoms with Gasteiger partial charge in [0.25, 0.3) is 0 Å². The molecule has 1 aromatic heterocycles. The summed E-state index contributed by atoms with van der Waals surface area (Å²) in [6.07, 6.45) is 3.23. The zero-order valence-electron chi connectivity index (χ0n) is 12.8. The van der Waals surface area contributed by atoms with Crippen LogP contribution < -0.4 is 16.0 Å². The molecular weight excluding hydrogens is 266 g/mol. The van der Waals surface area contributed by atoms with Crippen LogP contribution in [0, 0.1) is 5.92 Å². The molecule has 3 rings (SSSR count). The van der Waals surface area contributed by atoms with Crippen LogP contribution >= 0.6 is 0 Å². The van der Waals surface area contributed by atoms with Crippen LogP contribution in [0.15, 0.2) is 0 Å². The molecule has 6 heteroatoms. The fourth-order valence-electron chi connectivity index (χ4n) is 3.18. The Kier molecular flexibility index (Phi) is 4.55. The van der Waals surface area contributed by atoms with Crippen LogP contribution in [0.25, 0.3) is 0 Å². The minimum Gasteiger partial charge on any atom is -0.381 e. The molecule has 1 atom stereocenters. The summed E-state index contributed by atoms with van der Waals surface area (Å²) in [6.45, 7) is 7.70. The van der Waals surface area contributed by atoms with Crippen molar-refractivity contribution in [2.75, 3.05) is 43.5 Å². The summed E-state index contributed by atoms with van der Waals surface area (Å²) in [5, 5.41) is 3.34. The van der Waals surface area contributed by atoms with Crippen molar-refractivity contribution in [1.29, 1.82) is 0 Å². The third kappa shape index (κ3) is 3.27. The van der Waals surface area contributed by atoms with Gasteiger partial charge in [-0.15, -0.1) is 0 Å². The van der Waals surface area contributed by atoms with E-state index in [1.807, 2.05) is 0 Å². The lowest BCUT2D eigenvalue weighted by Gasteiger charge is -2.25. The first-order valence-electron chi connectivity index (χ1n) is 7.96. The molecule has 0 amide bonds. The predicted octanol–water partition coefficient (Wildman–Crippen LogP) is 0.957. The van der Waals surface area contributed by atoms with E-state index in [9.17, 15) is 0 Å². The topological polar surface area (TPSA) is 76.3 Å². The standard InChI is InChI=1S/C15H25N5O/c1-2-7-21-10-11-4-6-20(9-11)14-12-3-5-17-8-13(12)18-15(16)19-14/h11,17H,2-10H2,1H3,(H2,16,18,19)/t11-/m0/s1. The summed E-state index contributed by atoms with van der Waals surface area (Å²) >= 11 is 0. The van der Waals surface area contributed by atoms with Gasteiger partial charge in [-0.25, -0.2) is 4.98 Å². The van der Waals surface area contributed by atoms with Gasteiger partial charge < -0.3 is 20.7 Å². The quantitative estimate of drug-likeness (QED) is 0.787. The number of rotatable bonds is 5. The van der Waals surface area contributed by atoms with Gasteiger partial charge in [-0.1, -0.05) is 6.92 Å². The van der Waals surface area contributed by atoms with Crippen LogP contribution in [0.5, 0.6) is 0 Å². The molecule has 1 aromatic rings. The van der Waals surface area contributed by atoms with E-state index in [1.165, 1.54) is 12.0 Å². The Hall–Kier alpha value is -1.40. The monoisotopic (exact) mass is 291 g/mol. The van der Waals surface area contributed by atoms with Crippen LogP contribution in [-0.2, 0) is 17.7 Å². The van der Waals surface area contributed by atoms with Crippen LogP contribution in [0.3, 0.4) is 0 Å². The van der Waals surface area contributed by atoms with Crippen LogP contribution in [0.1, 0.15) is 31.0 Å². The van der Waals surface area contributed by atoms with Gasteiger partial charge in [-0.05, 0) is 25.8 Å². The molecule has 0 spiro atoms. The van der Waals surface area contributed by atoms with Gasteiger partial charge in [0.1, 0.15) is 5.82 Å². The Morgan fingerprint density at radius 2 is 2.33 bits per heavy atom. The molecule has 0 bridgehead atoms. The lowest BCUT2D eigenvalue weighted by atomic mass is 10.1. The van der Waals surface area contributed by atoms with E-state index in [4.69, 9.17) is 10.5 Å². The van der Waals surface area contributed by atoms with Crippen molar-refractivity contribution in [2.45, 2.75) is 32.7 Å². The average molecular weight is 291 g/mol. The van der Waals surface area contributed by atoms with Gasteiger partial charge in [-0.2, -0.15) is 4.98 Å². The van der Waals surface area contributed by atoms with Crippen LogP contribution in [-0.4, -0.2) is 42.8 Å². The van der Waals surface area contributed by atoms with E-state index < -0.39 is 0 Å². The second-order valence-corrected chi connectivity index (χ2v) is 5.93. The molecule has 0 unspecified atom stereocenters. The van der Waals surface area contributed by atoms with Gasteiger partial charge in [0.15, 0.2) is 0 Å². The number of anilines is 2. The molecule has 1 saturated heterocycles.